The van der Waals surface area contributed by atoms with Gasteiger partial charge in [0.15, 0.2) is 0 Å². The molecule has 2 aliphatic rings. The molecule has 27 heavy (non-hydrogen) atoms. The smallest absolute Gasteiger partial charge is 0.400 e. The Morgan fingerprint density at radius 2 is 1.22 bits per heavy atom. The van der Waals surface area contributed by atoms with E-state index in [0.717, 1.165) is 46.2 Å². The van der Waals surface area contributed by atoms with Gasteiger partial charge in [-0.2, -0.15) is 8.42 Å². The van der Waals surface area contributed by atoms with E-state index in [1.807, 2.05) is 6.92 Å². The zero-order valence-corrected chi connectivity index (χ0v) is 17.5. The summed E-state index contributed by atoms with van der Waals surface area (Å²) in [5, 5.41) is 7.00. The van der Waals surface area contributed by atoms with Gasteiger partial charge >= 0.3 is 10.4 Å². The normalized spacial score (nSPS) is 16.3. The number of rotatable bonds is 3. The van der Waals surface area contributed by atoms with E-state index in [1.54, 1.807) is 24.3 Å². The summed E-state index contributed by atoms with van der Waals surface area (Å²) < 4.78 is 40.4. The Morgan fingerprint density at radius 3 is 1.48 bits per heavy atom. The molecule has 0 saturated carbocycles. The van der Waals surface area contributed by atoms with Gasteiger partial charge in [-0.25, -0.2) is 4.18 Å². The van der Waals surface area contributed by atoms with E-state index in [4.69, 9.17) is 14.6 Å². The first-order valence-corrected chi connectivity index (χ1v) is 10.5. The molecule has 1 N–H and O–H groups in total. The second-order valence-electron chi connectivity index (χ2n) is 5.82. The Bertz CT molecular complexity index is 501. The fraction of sp³-hybridized carbons (Fsp3) is 0.684. The lowest BCUT2D eigenvalue weighted by atomic mass is 10.2. The lowest BCUT2D eigenvalue weighted by molar-refractivity contribution is 0.0967. The standard InChI is InChI=1S/C8H10O4S.2C5H10O.CH4O/c1-7-3-5-8(6-4-7)12-13(9,10)11-2;2*1-2-4-6-5-3-1;1-2/h3-6H,1-2H3;2*1-5H2;2H,1H3. The summed E-state index contributed by atoms with van der Waals surface area (Å²) >= 11 is 0. The fourth-order valence-electron chi connectivity index (χ4n) is 2.12. The molecule has 0 aliphatic carbocycles. The van der Waals surface area contributed by atoms with Crippen LogP contribution in [0.5, 0.6) is 5.75 Å². The largest absolute Gasteiger partial charge is 0.448 e. The second-order valence-corrected chi connectivity index (χ2v) is 7.13. The van der Waals surface area contributed by atoms with Crippen LogP contribution < -0.4 is 4.18 Å². The number of ether oxygens (including phenoxy) is 2. The molecule has 0 unspecified atom stereocenters. The first-order chi connectivity index (χ1) is 13.0. The lowest BCUT2D eigenvalue weighted by Gasteiger charge is -2.08. The van der Waals surface area contributed by atoms with Crippen LogP contribution in [0, 0.1) is 6.92 Å². The Hall–Kier alpha value is -1.19. The highest BCUT2D eigenvalue weighted by Gasteiger charge is 2.09. The predicted molar refractivity (Wildman–Crippen MR) is 105 cm³/mol. The van der Waals surface area contributed by atoms with Crippen LogP contribution in [0.4, 0.5) is 0 Å². The van der Waals surface area contributed by atoms with Crippen molar-refractivity contribution in [2.75, 3.05) is 40.6 Å². The van der Waals surface area contributed by atoms with Crippen molar-refractivity contribution in [2.24, 2.45) is 0 Å². The molecule has 0 amide bonds. The number of aliphatic hydroxyl groups is 1. The van der Waals surface area contributed by atoms with Gasteiger partial charge in [-0.1, -0.05) is 17.7 Å². The molecule has 2 saturated heterocycles. The molecule has 0 spiro atoms. The van der Waals surface area contributed by atoms with Gasteiger partial charge in [0.25, 0.3) is 0 Å². The Kier molecular flexibility index (Phi) is 16.2. The maximum Gasteiger partial charge on any atom is 0.448 e. The molecule has 8 heteroatoms. The van der Waals surface area contributed by atoms with Crippen molar-refractivity contribution in [1.29, 1.82) is 0 Å². The second kappa shape index (κ2) is 16.9. The highest BCUT2D eigenvalue weighted by atomic mass is 32.3. The van der Waals surface area contributed by atoms with Crippen molar-refractivity contribution in [3.63, 3.8) is 0 Å². The molecule has 2 aliphatic heterocycles. The van der Waals surface area contributed by atoms with Gasteiger partial charge in [0.2, 0.25) is 0 Å². The van der Waals surface area contributed by atoms with Crippen LogP contribution in [-0.2, 0) is 24.1 Å². The van der Waals surface area contributed by atoms with E-state index < -0.39 is 10.4 Å². The Morgan fingerprint density at radius 1 is 0.815 bits per heavy atom. The molecule has 3 rings (SSSR count). The molecule has 0 atom stereocenters. The van der Waals surface area contributed by atoms with E-state index in [1.165, 1.54) is 38.5 Å². The minimum absolute atomic E-state index is 0.243. The third kappa shape index (κ3) is 15.6. The first-order valence-electron chi connectivity index (χ1n) is 9.20. The molecule has 1 aromatic rings. The van der Waals surface area contributed by atoms with Crippen LogP contribution in [-0.4, -0.2) is 54.2 Å². The number of benzene rings is 1. The maximum atomic E-state index is 10.8. The maximum absolute atomic E-state index is 10.8. The van der Waals surface area contributed by atoms with Crippen LogP contribution in [0.3, 0.4) is 0 Å². The number of aryl methyl sites for hydroxylation is 1. The van der Waals surface area contributed by atoms with E-state index >= 15 is 0 Å². The average Bonchev–Trinajstić information content (AvgIpc) is 2.75. The van der Waals surface area contributed by atoms with Crippen molar-refractivity contribution in [1.82, 2.24) is 0 Å². The molecular formula is C19H34O7S. The molecule has 158 valence electrons. The van der Waals surface area contributed by atoms with Crippen molar-refractivity contribution < 1.29 is 31.4 Å². The number of hydrogen-bond donors (Lipinski definition) is 1. The average molecular weight is 407 g/mol. The SMILES string of the molecule is C1CCOCC1.C1CCOCC1.CO.COS(=O)(=O)Oc1ccc(C)cc1. The lowest BCUT2D eigenvalue weighted by Crippen LogP contribution is -2.10. The molecule has 7 nitrogen and oxygen atoms in total. The fourth-order valence-corrected chi connectivity index (χ4v) is 2.53. The van der Waals surface area contributed by atoms with E-state index in [2.05, 4.69) is 8.37 Å². The van der Waals surface area contributed by atoms with Crippen LogP contribution in [0.25, 0.3) is 0 Å². The molecular weight excluding hydrogens is 372 g/mol. The summed E-state index contributed by atoms with van der Waals surface area (Å²) in [5.74, 6) is 0.243. The zero-order chi connectivity index (χ0) is 20.4. The molecule has 2 heterocycles. The van der Waals surface area contributed by atoms with Crippen LogP contribution in [0.15, 0.2) is 24.3 Å². The Labute approximate surface area is 163 Å². The number of hydrogen-bond acceptors (Lipinski definition) is 7. The van der Waals surface area contributed by atoms with Crippen molar-refractivity contribution >= 4 is 10.4 Å². The van der Waals surface area contributed by atoms with Crippen molar-refractivity contribution in [3.05, 3.63) is 29.8 Å². The molecule has 1 aromatic carbocycles. The van der Waals surface area contributed by atoms with Gasteiger partial charge in [0.1, 0.15) is 5.75 Å². The summed E-state index contributed by atoms with van der Waals surface area (Å²) in [4.78, 5) is 0. The Balaban J connectivity index is 0.000000400. The minimum Gasteiger partial charge on any atom is -0.400 e. The van der Waals surface area contributed by atoms with E-state index in [-0.39, 0.29) is 5.75 Å². The third-order valence-corrected chi connectivity index (χ3v) is 4.38. The van der Waals surface area contributed by atoms with E-state index in [0.29, 0.717) is 0 Å². The summed E-state index contributed by atoms with van der Waals surface area (Å²) in [6.07, 6.45) is 7.86. The molecule has 0 bridgehead atoms. The van der Waals surface area contributed by atoms with E-state index in [9.17, 15) is 8.42 Å². The van der Waals surface area contributed by atoms with Gasteiger partial charge in [-0.3, -0.25) is 0 Å². The van der Waals surface area contributed by atoms with Gasteiger partial charge < -0.3 is 18.8 Å². The van der Waals surface area contributed by atoms with Crippen LogP contribution >= 0.6 is 0 Å². The summed E-state index contributed by atoms with van der Waals surface area (Å²) in [5.41, 5.74) is 1.03. The third-order valence-electron chi connectivity index (χ3n) is 3.58. The zero-order valence-electron chi connectivity index (χ0n) is 16.7. The van der Waals surface area contributed by atoms with Gasteiger partial charge in [0, 0.05) is 33.5 Å². The topological polar surface area (TPSA) is 91.3 Å². The quantitative estimate of drug-likeness (QED) is 0.824. The van der Waals surface area contributed by atoms with Gasteiger partial charge in [-0.05, 0) is 57.6 Å². The summed E-state index contributed by atoms with van der Waals surface area (Å²) in [7, 11) is -1.84. The van der Waals surface area contributed by atoms with Crippen molar-refractivity contribution in [3.8, 4) is 5.75 Å². The summed E-state index contributed by atoms with van der Waals surface area (Å²) in [6, 6.07) is 6.62. The van der Waals surface area contributed by atoms with Gasteiger partial charge in [-0.15, -0.1) is 0 Å². The van der Waals surface area contributed by atoms with Gasteiger partial charge in [0.05, 0.1) is 7.11 Å². The van der Waals surface area contributed by atoms with Crippen LogP contribution in [0.2, 0.25) is 0 Å². The molecule has 0 radical (unpaired) electrons. The number of aliphatic hydroxyl groups excluding tert-OH is 1. The molecule has 2 fully saturated rings. The van der Waals surface area contributed by atoms with Crippen molar-refractivity contribution in [2.45, 2.75) is 45.4 Å². The highest BCUT2D eigenvalue weighted by Crippen LogP contribution is 2.13. The summed E-state index contributed by atoms with van der Waals surface area (Å²) in [6.45, 7) is 5.90. The van der Waals surface area contributed by atoms with Crippen LogP contribution in [0.1, 0.15) is 44.1 Å². The monoisotopic (exact) mass is 406 g/mol. The minimum atomic E-state index is -3.89. The first kappa shape index (κ1) is 25.8. The highest BCUT2D eigenvalue weighted by molar-refractivity contribution is 7.82. The molecule has 0 aromatic heterocycles. The predicted octanol–water partition coefficient (Wildman–Crippen LogP) is 3.25.